The van der Waals surface area contributed by atoms with Gasteiger partial charge in [0.15, 0.2) is 4.96 Å². The lowest BCUT2D eigenvalue weighted by molar-refractivity contribution is -0.142. The number of amides is 1. The van der Waals surface area contributed by atoms with Crippen molar-refractivity contribution < 1.29 is 14.7 Å². The molecule has 7 nitrogen and oxygen atoms in total. The van der Waals surface area contributed by atoms with Crippen LogP contribution >= 0.6 is 11.3 Å². The second-order valence-corrected chi connectivity index (χ2v) is 8.12. The molecule has 3 unspecified atom stereocenters. The minimum Gasteiger partial charge on any atom is -0.480 e. The van der Waals surface area contributed by atoms with Gasteiger partial charge in [-0.1, -0.05) is 6.42 Å². The SMILES string of the molecule is Cc1sc2ncc(C(=O)N3CC4CCCC4C3C(=O)O)c(=O)n2c1C. The summed E-state index contributed by atoms with van der Waals surface area (Å²) in [6, 6.07) is -0.842. The molecule has 2 aromatic heterocycles. The molecule has 4 rings (SSSR count). The lowest BCUT2D eigenvalue weighted by Crippen LogP contribution is -2.45. The van der Waals surface area contributed by atoms with Gasteiger partial charge in [-0.05, 0) is 38.5 Å². The largest absolute Gasteiger partial charge is 0.480 e. The third-order valence-corrected chi connectivity index (χ3v) is 6.73. The summed E-state index contributed by atoms with van der Waals surface area (Å²) in [6.07, 6.45) is 4.06. The van der Waals surface area contributed by atoms with Crippen LogP contribution in [-0.4, -0.2) is 43.9 Å². The van der Waals surface area contributed by atoms with Crippen molar-refractivity contribution >= 4 is 28.2 Å². The molecular formula is C17H19N3O4S. The molecule has 3 heterocycles. The number of thiazole rings is 1. The molecule has 8 heteroatoms. The third kappa shape index (κ3) is 2.31. The number of hydrogen-bond donors (Lipinski definition) is 1. The van der Waals surface area contributed by atoms with Crippen molar-refractivity contribution in [2.45, 2.75) is 39.2 Å². The standard InChI is InChI=1S/C17H19N3O4S/c1-8-9(2)25-17-18-6-12(15(22)20(8)17)14(21)19-7-10-4-3-5-11(10)13(19)16(23)24/h6,10-11,13H,3-5,7H2,1-2H3,(H,23,24). The van der Waals surface area contributed by atoms with E-state index in [2.05, 4.69) is 4.98 Å². The van der Waals surface area contributed by atoms with Gasteiger partial charge in [0.1, 0.15) is 11.6 Å². The third-order valence-electron chi connectivity index (χ3n) is 5.65. The Morgan fingerprint density at radius 1 is 1.32 bits per heavy atom. The monoisotopic (exact) mass is 361 g/mol. The molecule has 1 aliphatic heterocycles. The maximum absolute atomic E-state index is 13.0. The van der Waals surface area contributed by atoms with E-state index in [-0.39, 0.29) is 17.4 Å². The number of rotatable bonds is 2. The highest BCUT2D eigenvalue weighted by Crippen LogP contribution is 2.42. The molecule has 25 heavy (non-hydrogen) atoms. The molecule has 2 aliphatic rings. The molecule has 0 bridgehead atoms. The summed E-state index contributed by atoms with van der Waals surface area (Å²) in [4.78, 5) is 44.7. The van der Waals surface area contributed by atoms with Gasteiger partial charge in [0.05, 0.1) is 0 Å². The van der Waals surface area contributed by atoms with Crippen molar-refractivity contribution in [1.29, 1.82) is 0 Å². The number of likely N-dealkylation sites (tertiary alicyclic amines) is 1. The Labute approximate surface area is 147 Å². The molecule has 1 aliphatic carbocycles. The van der Waals surface area contributed by atoms with Crippen LogP contribution < -0.4 is 5.56 Å². The van der Waals surface area contributed by atoms with Crippen LogP contribution in [-0.2, 0) is 4.79 Å². The fourth-order valence-corrected chi connectivity index (χ4v) is 5.24. The summed E-state index contributed by atoms with van der Waals surface area (Å²) in [7, 11) is 0. The number of hydrogen-bond acceptors (Lipinski definition) is 5. The van der Waals surface area contributed by atoms with Crippen molar-refractivity contribution in [1.82, 2.24) is 14.3 Å². The maximum Gasteiger partial charge on any atom is 0.326 e. The molecule has 0 spiro atoms. The number of carbonyl (C=O) groups is 2. The van der Waals surface area contributed by atoms with Gasteiger partial charge in [-0.3, -0.25) is 14.0 Å². The van der Waals surface area contributed by atoms with Crippen molar-refractivity contribution in [2.75, 3.05) is 6.54 Å². The number of carboxylic acids is 1. The molecule has 2 fully saturated rings. The number of fused-ring (bicyclic) bond motifs is 2. The number of aromatic nitrogens is 2. The number of carbonyl (C=O) groups excluding carboxylic acids is 1. The van der Waals surface area contributed by atoms with Gasteiger partial charge in [-0.15, -0.1) is 11.3 Å². The molecule has 132 valence electrons. The van der Waals surface area contributed by atoms with E-state index in [1.54, 1.807) is 0 Å². The highest BCUT2D eigenvalue weighted by Gasteiger charge is 2.50. The lowest BCUT2D eigenvalue weighted by Gasteiger charge is -2.24. The van der Waals surface area contributed by atoms with Gasteiger partial charge in [0, 0.05) is 23.3 Å². The number of aryl methyl sites for hydroxylation is 2. The zero-order valence-electron chi connectivity index (χ0n) is 14.1. The average Bonchev–Trinajstić information content (AvgIpc) is 3.20. The van der Waals surface area contributed by atoms with Gasteiger partial charge in [0.2, 0.25) is 0 Å². The van der Waals surface area contributed by atoms with Crippen LogP contribution in [0.3, 0.4) is 0 Å². The lowest BCUT2D eigenvalue weighted by atomic mass is 9.94. The van der Waals surface area contributed by atoms with Gasteiger partial charge < -0.3 is 10.0 Å². The molecule has 1 N–H and O–H groups in total. The summed E-state index contributed by atoms with van der Waals surface area (Å²) in [6.45, 7) is 4.12. The van der Waals surface area contributed by atoms with Gasteiger partial charge in [-0.25, -0.2) is 9.78 Å². The molecule has 1 saturated heterocycles. The second-order valence-electron chi connectivity index (χ2n) is 6.93. The molecule has 0 aromatic carbocycles. The first-order valence-corrected chi connectivity index (χ1v) is 9.23. The summed E-state index contributed by atoms with van der Waals surface area (Å²) in [5.41, 5.74) is 0.294. The Balaban J connectivity index is 1.77. The molecule has 3 atom stereocenters. The molecule has 1 amide bonds. The van der Waals surface area contributed by atoms with Gasteiger partial charge in [0.25, 0.3) is 11.5 Å². The van der Waals surface area contributed by atoms with E-state index in [4.69, 9.17) is 0 Å². The molecule has 1 saturated carbocycles. The van der Waals surface area contributed by atoms with E-state index >= 15 is 0 Å². The summed E-state index contributed by atoms with van der Waals surface area (Å²) in [5, 5.41) is 9.62. The fraction of sp³-hybridized carbons (Fsp3) is 0.529. The summed E-state index contributed by atoms with van der Waals surface area (Å²) < 4.78 is 1.44. The Kier molecular flexibility index (Phi) is 3.68. The Bertz CT molecular complexity index is 947. The van der Waals surface area contributed by atoms with Crippen molar-refractivity contribution in [3.63, 3.8) is 0 Å². The fourth-order valence-electron chi connectivity index (χ4n) is 4.31. The van der Waals surface area contributed by atoms with Crippen molar-refractivity contribution in [3.05, 3.63) is 32.7 Å². The molecular weight excluding hydrogens is 342 g/mol. The van der Waals surface area contributed by atoms with Crippen LogP contribution in [0.5, 0.6) is 0 Å². The Hall–Kier alpha value is -2.22. The topological polar surface area (TPSA) is 92.0 Å². The number of carboxylic acid groups (broad SMARTS) is 1. The quantitative estimate of drug-likeness (QED) is 0.879. The average molecular weight is 361 g/mol. The smallest absolute Gasteiger partial charge is 0.326 e. The van der Waals surface area contributed by atoms with Crippen LogP contribution in [0.25, 0.3) is 4.96 Å². The van der Waals surface area contributed by atoms with E-state index in [1.807, 2.05) is 13.8 Å². The van der Waals surface area contributed by atoms with Crippen LogP contribution in [0.2, 0.25) is 0 Å². The van der Waals surface area contributed by atoms with E-state index < -0.39 is 23.5 Å². The maximum atomic E-state index is 13.0. The first-order chi connectivity index (χ1) is 11.9. The van der Waals surface area contributed by atoms with Crippen LogP contribution in [0.4, 0.5) is 0 Å². The van der Waals surface area contributed by atoms with Crippen LogP contribution in [0, 0.1) is 25.7 Å². The minimum atomic E-state index is -0.987. The zero-order chi connectivity index (χ0) is 17.9. The minimum absolute atomic E-state index is 0.00831. The first-order valence-electron chi connectivity index (χ1n) is 8.41. The van der Waals surface area contributed by atoms with Crippen molar-refractivity contribution in [2.24, 2.45) is 11.8 Å². The number of aliphatic carboxylic acids is 1. The van der Waals surface area contributed by atoms with Crippen molar-refractivity contribution in [3.8, 4) is 0 Å². The first kappa shape index (κ1) is 16.3. The van der Waals surface area contributed by atoms with Gasteiger partial charge >= 0.3 is 5.97 Å². The van der Waals surface area contributed by atoms with E-state index in [0.29, 0.717) is 11.5 Å². The van der Waals surface area contributed by atoms with Gasteiger partial charge in [-0.2, -0.15) is 0 Å². The zero-order valence-corrected chi connectivity index (χ0v) is 14.9. The van der Waals surface area contributed by atoms with E-state index in [1.165, 1.54) is 26.8 Å². The van der Waals surface area contributed by atoms with Crippen LogP contribution in [0.15, 0.2) is 11.0 Å². The normalized spacial score (nSPS) is 25.5. The predicted octanol–water partition coefficient (Wildman–Crippen LogP) is 1.70. The summed E-state index contributed by atoms with van der Waals surface area (Å²) in [5.74, 6) is -1.29. The second kappa shape index (κ2) is 5.66. The highest BCUT2D eigenvalue weighted by atomic mass is 32.1. The van der Waals surface area contributed by atoms with Crippen LogP contribution in [0.1, 0.15) is 40.2 Å². The molecule has 2 aromatic rings. The number of nitrogens with zero attached hydrogens (tertiary/aromatic N) is 3. The van der Waals surface area contributed by atoms with E-state index in [0.717, 1.165) is 29.8 Å². The molecule has 0 radical (unpaired) electrons. The highest BCUT2D eigenvalue weighted by molar-refractivity contribution is 7.17. The van der Waals surface area contributed by atoms with E-state index in [9.17, 15) is 19.5 Å². The Morgan fingerprint density at radius 2 is 2.08 bits per heavy atom. The summed E-state index contributed by atoms with van der Waals surface area (Å²) >= 11 is 1.40. The predicted molar refractivity (Wildman–Crippen MR) is 92.1 cm³/mol. The Morgan fingerprint density at radius 3 is 2.80 bits per heavy atom.